The maximum absolute atomic E-state index is 12.4. The summed E-state index contributed by atoms with van der Waals surface area (Å²) in [4.78, 5) is 12.4. The van der Waals surface area contributed by atoms with Crippen molar-refractivity contribution >= 4 is 17.3 Å². The van der Waals surface area contributed by atoms with Crippen molar-refractivity contribution in [1.29, 1.82) is 0 Å². The molecule has 0 spiro atoms. The highest BCUT2D eigenvalue weighted by atomic mass is 16.5. The minimum absolute atomic E-state index is 0.0427. The van der Waals surface area contributed by atoms with E-state index in [1.54, 1.807) is 10.9 Å². The average molecular weight is 314 g/mol. The summed E-state index contributed by atoms with van der Waals surface area (Å²) < 4.78 is 7.24. The number of anilines is 2. The van der Waals surface area contributed by atoms with Crippen LogP contribution < -0.4 is 10.6 Å². The van der Waals surface area contributed by atoms with E-state index in [-0.39, 0.29) is 18.1 Å². The molecule has 2 N–H and O–H groups in total. The third kappa shape index (κ3) is 4.10. The van der Waals surface area contributed by atoms with Gasteiger partial charge in [-0.3, -0.25) is 9.48 Å². The number of nitrogens with one attached hydrogen (secondary N) is 2. The van der Waals surface area contributed by atoms with Crippen molar-refractivity contribution in [3.8, 4) is 0 Å². The van der Waals surface area contributed by atoms with Crippen LogP contribution in [0.3, 0.4) is 0 Å². The molecule has 1 fully saturated rings. The van der Waals surface area contributed by atoms with Crippen molar-refractivity contribution in [2.24, 2.45) is 7.05 Å². The molecule has 1 amide bonds. The van der Waals surface area contributed by atoms with E-state index >= 15 is 0 Å². The van der Waals surface area contributed by atoms with E-state index in [2.05, 4.69) is 15.7 Å². The van der Waals surface area contributed by atoms with Crippen LogP contribution in [0.4, 0.5) is 11.4 Å². The monoisotopic (exact) mass is 314 g/mol. The lowest BCUT2D eigenvalue weighted by Gasteiger charge is -2.28. The zero-order chi connectivity index (χ0) is 16.2. The summed E-state index contributed by atoms with van der Waals surface area (Å²) in [6.07, 6.45) is 5.56. The van der Waals surface area contributed by atoms with Gasteiger partial charge in [0.25, 0.3) is 5.91 Å². The molecule has 0 bridgehead atoms. The number of amides is 1. The number of carbonyl (C=O) groups is 1. The molecule has 1 aliphatic rings. The van der Waals surface area contributed by atoms with Gasteiger partial charge in [-0.2, -0.15) is 5.10 Å². The fourth-order valence-electron chi connectivity index (χ4n) is 2.79. The van der Waals surface area contributed by atoms with Gasteiger partial charge in [-0.15, -0.1) is 0 Å². The van der Waals surface area contributed by atoms with Gasteiger partial charge < -0.3 is 15.4 Å². The van der Waals surface area contributed by atoms with E-state index in [1.807, 2.05) is 44.4 Å². The summed E-state index contributed by atoms with van der Waals surface area (Å²) in [5.41, 5.74) is 2.41. The predicted octanol–water partition coefficient (Wildman–Crippen LogP) is 2.46. The quantitative estimate of drug-likeness (QED) is 0.909. The smallest absolute Gasteiger partial charge is 0.251 e. The summed E-state index contributed by atoms with van der Waals surface area (Å²) in [5.74, 6) is -0.0427. The van der Waals surface area contributed by atoms with Gasteiger partial charge >= 0.3 is 0 Å². The molecular formula is C17H22N4O2. The third-order valence-corrected chi connectivity index (χ3v) is 3.94. The second-order valence-corrected chi connectivity index (χ2v) is 5.98. The molecule has 3 rings (SSSR count). The topological polar surface area (TPSA) is 68.2 Å². The molecule has 1 aromatic heterocycles. The van der Waals surface area contributed by atoms with Gasteiger partial charge in [0, 0.05) is 37.1 Å². The summed E-state index contributed by atoms with van der Waals surface area (Å²) in [7, 11) is 1.87. The Morgan fingerprint density at radius 2 is 2.26 bits per heavy atom. The lowest BCUT2D eigenvalue weighted by atomic mass is 10.0. The fraction of sp³-hybridized carbons (Fsp3) is 0.412. The molecule has 6 nitrogen and oxygen atoms in total. The first kappa shape index (κ1) is 15.6. The highest BCUT2D eigenvalue weighted by Crippen LogP contribution is 2.18. The molecule has 2 atom stereocenters. The number of rotatable bonds is 4. The number of aryl methyl sites for hydroxylation is 1. The second-order valence-electron chi connectivity index (χ2n) is 5.98. The van der Waals surface area contributed by atoms with Gasteiger partial charge in [0.2, 0.25) is 0 Å². The van der Waals surface area contributed by atoms with E-state index in [0.717, 1.165) is 24.2 Å². The lowest BCUT2D eigenvalue weighted by Crippen LogP contribution is -2.41. The van der Waals surface area contributed by atoms with Crippen LogP contribution in [0.5, 0.6) is 0 Å². The Labute approximate surface area is 135 Å². The van der Waals surface area contributed by atoms with Crippen molar-refractivity contribution in [2.75, 3.05) is 11.9 Å². The summed E-state index contributed by atoms with van der Waals surface area (Å²) in [6, 6.07) is 7.67. The standard InChI is InChI=1S/C17H22N4O2/c1-12-8-15(6-7-23-12)20-17(22)13-4-3-5-14(9-13)19-16-10-18-21(2)11-16/h3-5,9-12,15,19H,6-8H2,1-2H3,(H,20,22)/t12-,15+/m0/s1. The lowest BCUT2D eigenvalue weighted by molar-refractivity contribution is 0.0136. The maximum Gasteiger partial charge on any atom is 0.251 e. The first-order valence-electron chi connectivity index (χ1n) is 7.88. The summed E-state index contributed by atoms with van der Waals surface area (Å²) in [6.45, 7) is 2.74. The van der Waals surface area contributed by atoms with Gasteiger partial charge in [0.05, 0.1) is 18.0 Å². The molecule has 1 aliphatic heterocycles. The van der Waals surface area contributed by atoms with Crippen LogP contribution in [0.1, 0.15) is 30.1 Å². The summed E-state index contributed by atoms with van der Waals surface area (Å²) >= 11 is 0. The largest absolute Gasteiger partial charge is 0.378 e. The Balaban J connectivity index is 1.65. The SMILES string of the molecule is C[C@H]1C[C@H](NC(=O)c2cccc(Nc3cnn(C)c3)c2)CCO1. The number of hydrogen-bond acceptors (Lipinski definition) is 4. The zero-order valence-corrected chi connectivity index (χ0v) is 13.5. The van der Waals surface area contributed by atoms with E-state index in [0.29, 0.717) is 12.2 Å². The van der Waals surface area contributed by atoms with E-state index in [4.69, 9.17) is 4.74 Å². The Hall–Kier alpha value is -2.34. The van der Waals surface area contributed by atoms with E-state index in [9.17, 15) is 4.79 Å². The molecule has 1 aromatic carbocycles. The third-order valence-electron chi connectivity index (χ3n) is 3.94. The molecule has 0 saturated carbocycles. The number of ether oxygens (including phenoxy) is 1. The number of aromatic nitrogens is 2. The Morgan fingerprint density at radius 1 is 1.39 bits per heavy atom. The summed E-state index contributed by atoms with van der Waals surface area (Å²) in [5, 5.41) is 10.5. The Morgan fingerprint density at radius 3 is 3.00 bits per heavy atom. The van der Waals surface area contributed by atoms with E-state index < -0.39 is 0 Å². The highest BCUT2D eigenvalue weighted by Gasteiger charge is 2.21. The van der Waals surface area contributed by atoms with Gasteiger partial charge in [0.1, 0.15) is 0 Å². The van der Waals surface area contributed by atoms with Gasteiger partial charge in [0.15, 0.2) is 0 Å². The second kappa shape index (κ2) is 6.83. The van der Waals surface area contributed by atoms with E-state index in [1.165, 1.54) is 0 Å². The molecule has 2 aromatic rings. The molecular weight excluding hydrogens is 292 g/mol. The van der Waals surface area contributed by atoms with Crippen LogP contribution in [-0.4, -0.2) is 34.4 Å². The molecule has 0 aliphatic carbocycles. The first-order chi connectivity index (χ1) is 11.1. The minimum atomic E-state index is -0.0427. The molecule has 2 heterocycles. The average Bonchev–Trinajstić information content (AvgIpc) is 2.92. The van der Waals surface area contributed by atoms with Crippen LogP contribution in [0, 0.1) is 0 Å². The molecule has 0 unspecified atom stereocenters. The molecule has 23 heavy (non-hydrogen) atoms. The number of carbonyl (C=O) groups excluding carboxylic acids is 1. The number of benzene rings is 1. The molecule has 0 radical (unpaired) electrons. The van der Waals surface area contributed by atoms with Crippen molar-refractivity contribution in [3.05, 3.63) is 42.2 Å². The van der Waals surface area contributed by atoms with Crippen LogP contribution in [0.15, 0.2) is 36.7 Å². The minimum Gasteiger partial charge on any atom is -0.378 e. The highest BCUT2D eigenvalue weighted by molar-refractivity contribution is 5.95. The van der Waals surface area contributed by atoms with Crippen molar-refractivity contribution in [1.82, 2.24) is 15.1 Å². The molecule has 1 saturated heterocycles. The Bertz CT molecular complexity index is 683. The van der Waals surface area contributed by atoms with Crippen molar-refractivity contribution < 1.29 is 9.53 Å². The van der Waals surface area contributed by atoms with Gasteiger partial charge in [-0.1, -0.05) is 6.07 Å². The van der Waals surface area contributed by atoms with Gasteiger partial charge in [-0.05, 0) is 38.0 Å². The maximum atomic E-state index is 12.4. The molecule has 122 valence electrons. The Kier molecular flexibility index (Phi) is 4.62. The van der Waals surface area contributed by atoms with Crippen molar-refractivity contribution in [3.63, 3.8) is 0 Å². The number of hydrogen-bond donors (Lipinski definition) is 2. The predicted molar refractivity (Wildman–Crippen MR) is 88.8 cm³/mol. The van der Waals surface area contributed by atoms with Crippen LogP contribution >= 0.6 is 0 Å². The van der Waals surface area contributed by atoms with Crippen molar-refractivity contribution in [2.45, 2.75) is 31.9 Å². The van der Waals surface area contributed by atoms with Crippen LogP contribution in [0.2, 0.25) is 0 Å². The first-order valence-corrected chi connectivity index (χ1v) is 7.88. The van der Waals surface area contributed by atoms with Crippen LogP contribution in [0.25, 0.3) is 0 Å². The zero-order valence-electron chi connectivity index (χ0n) is 13.5. The fourth-order valence-corrected chi connectivity index (χ4v) is 2.79. The number of nitrogens with zero attached hydrogens (tertiary/aromatic N) is 2. The normalized spacial score (nSPS) is 21.0. The van der Waals surface area contributed by atoms with Gasteiger partial charge in [-0.25, -0.2) is 0 Å². The molecule has 6 heteroatoms. The van der Waals surface area contributed by atoms with Crippen LogP contribution in [-0.2, 0) is 11.8 Å².